The zero-order valence-electron chi connectivity index (χ0n) is 9.66. The standard InChI is InChI=1S/C13H16BrNO/c1-15(2)10-11-16-13-7-5-12(6-8-13)4-3-9-14/h5-8H,9-11H2,1-2H3. The summed E-state index contributed by atoms with van der Waals surface area (Å²) in [4.78, 5) is 2.09. The van der Waals surface area contributed by atoms with Gasteiger partial charge in [-0.15, -0.1) is 0 Å². The van der Waals surface area contributed by atoms with Crippen LogP contribution in [-0.4, -0.2) is 37.5 Å². The molecular formula is C13H16BrNO. The van der Waals surface area contributed by atoms with Crippen molar-refractivity contribution < 1.29 is 4.74 Å². The predicted molar refractivity (Wildman–Crippen MR) is 71.2 cm³/mol. The van der Waals surface area contributed by atoms with Crippen molar-refractivity contribution in [3.8, 4) is 17.6 Å². The Hall–Kier alpha value is -0.980. The minimum absolute atomic E-state index is 0.702. The predicted octanol–water partition coefficient (Wildman–Crippen LogP) is 2.37. The number of alkyl halides is 1. The molecule has 1 rings (SSSR count). The maximum Gasteiger partial charge on any atom is 0.119 e. The summed E-state index contributed by atoms with van der Waals surface area (Å²) in [6.07, 6.45) is 0. The van der Waals surface area contributed by atoms with E-state index in [2.05, 4.69) is 32.7 Å². The second kappa shape index (κ2) is 7.32. The molecule has 0 heterocycles. The van der Waals surface area contributed by atoms with Crippen LogP contribution in [0, 0.1) is 11.8 Å². The molecule has 2 nitrogen and oxygen atoms in total. The van der Waals surface area contributed by atoms with Crippen molar-refractivity contribution >= 4 is 15.9 Å². The quantitative estimate of drug-likeness (QED) is 0.621. The number of ether oxygens (including phenoxy) is 1. The molecule has 0 spiro atoms. The Labute approximate surface area is 106 Å². The van der Waals surface area contributed by atoms with Crippen LogP contribution in [-0.2, 0) is 0 Å². The maximum atomic E-state index is 5.58. The highest BCUT2D eigenvalue weighted by Gasteiger charge is 1.94. The van der Waals surface area contributed by atoms with Crippen LogP contribution in [0.3, 0.4) is 0 Å². The van der Waals surface area contributed by atoms with E-state index in [0.717, 1.165) is 17.9 Å². The summed E-state index contributed by atoms with van der Waals surface area (Å²) < 4.78 is 5.58. The lowest BCUT2D eigenvalue weighted by molar-refractivity contribution is 0.261. The summed E-state index contributed by atoms with van der Waals surface area (Å²) in [7, 11) is 4.06. The van der Waals surface area contributed by atoms with Crippen molar-refractivity contribution in [2.75, 3.05) is 32.6 Å². The summed E-state index contributed by atoms with van der Waals surface area (Å²) in [5, 5.41) is 0.702. The van der Waals surface area contributed by atoms with Gasteiger partial charge in [0.05, 0.1) is 5.33 Å². The third kappa shape index (κ3) is 5.20. The van der Waals surface area contributed by atoms with E-state index in [4.69, 9.17) is 4.74 Å². The smallest absolute Gasteiger partial charge is 0.119 e. The van der Waals surface area contributed by atoms with Gasteiger partial charge in [-0.25, -0.2) is 0 Å². The summed E-state index contributed by atoms with van der Waals surface area (Å²) in [6, 6.07) is 7.85. The maximum absolute atomic E-state index is 5.58. The minimum atomic E-state index is 0.702. The highest BCUT2D eigenvalue weighted by atomic mass is 79.9. The Kier molecular flexibility index (Phi) is 5.99. The molecule has 0 aliphatic carbocycles. The van der Waals surface area contributed by atoms with Gasteiger partial charge in [-0.05, 0) is 38.4 Å². The first-order valence-electron chi connectivity index (χ1n) is 5.15. The Bertz CT molecular complexity index is 362. The molecule has 1 aromatic carbocycles. The van der Waals surface area contributed by atoms with E-state index < -0.39 is 0 Å². The van der Waals surface area contributed by atoms with Gasteiger partial charge in [0.25, 0.3) is 0 Å². The Morgan fingerprint density at radius 2 is 1.94 bits per heavy atom. The minimum Gasteiger partial charge on any atom is -0.492 e. The van der Waals surface area contributed by atoms with Gasteiger partial charge in [-0.2, -0.15) is 0 Å². The normalized spacial score (nSPS) is 9.75. The first-order valence-corrected chi connectivity index (χ1v) is 6.27. The lowest BCUT2D eigenvalue weighted by atomic mass is 10.2. The zero-order chi connectivity index (χ0) is 11.8. The lowest BCUT2D eigenvalue weighted by Gasteiger charge is -2.10. The summed E-state index contributed by atoms with van der Waals surface area (Å²) in [6.45, 7) is 1.63. The fourth-order valence-electron chi connectivity index (χ4n) is 1.12. The molecule has 0 N–H and O–H groups in total. The van der Waals surface area contributed by atoms with Gasteiger partial charge in [-0.1, -0.05) is 27.8 Å². The van der Waals surface area contributed by atoms with Gasteiger partial charge in [-0.3, -0.25) is 0 Å². The molecule has 0 unspecified atom stereocenters. The first kappa shape index (κ1) is 13.1. The summed E-state index contributed by atoms with van der Waals surface area (Å²) >= 11 is 3.27. The van der Waals surface area contributed by atoms with E-state index in [9.17, 15) is 0 Å². The number of benzene rings is 1. The molecule has 0 saturated heterocycles. The Morgan fingerprint density at radius 1 is 1.25 bits per heavy atom. The number of hydrogen-bond acceptors (Lipinski definition) is 2. The van der Waals surface area contributed by atoms with Crippen molar-refractivity contribution in [2.24, 2.45) is 0 Å². The molecule has 3 heteroatoms. The second-order valence-electron chi connectivity index (χ2n) is 3.61. The number of likely N-dealkylation sites (N-methyl/N-ethyl adjacent to an activating group) is 1. The molecule has 86 valence electrons. The fourth-order valence-corrected chi connectivity index (χ4v) is 1.26. The molecule has 0 radical (unpaired) electrons. The Balaban J connectivity index is 2.45. The molecule has 16 heavy (non-hydrogen) atoms. The zero-order valence-corrected chi connectivity index (χ0v) is 11.3. The van der Waals surface area contributed by atoms with E-state index in [-0.39, 0.29) is 0 Å². The fraction of sp³-hybridized carbons (Fsp3) is 0.385. The van der Waals surface area contributed by atoms with Crippen molar-refractivity contribution in [3.05, 3.63) is 29.8 Å². The van der Waals surface area contributed by atoms with Crippen LogP contribution in [0.25, 0.3) is 0 Å². The molecule has 0 atom stereocenters. The van der Waals surface area contributed by atoms with Crippen molar-refractivity contribution in [3.63, 3.8) is 0 Å². The third-order valence-corrected chi connectivity index (χ3v) is 2.24. The van der Waals surface area contributed by atoms with Gasteiger partial charge < -0.3 is 9.64 Å². The van der Waals surface area contributed by atoms with Crippen molar-refractivity contribution in [1.82, 2.24) is 4.90 Å². The van der Waals surface area contributed by atoms with E-state index in [0.29, 0.717) is 11.9 Å². The number of rotatable bonds is 4. The molecule has 0 aromatic heterocycles. The molecular weight excluding hydrogens is 266 g/mol. The van der Waals surface area contributed by atoms with E-state index >= 15 is 0 Å². The first-order chi connectivity index (χ1) is 7.72. The molecule has 0 aliphatic heterocycles. The van der Waals surface area contributed by atoms with E-state index in [1.807, 2.05) is 38.4 Å². The molecule has 1 aromatic rings. The van der Waals surface area contributed by atoms with Crippen molar-refractivity contribution in [2.45, 2.75) is 0 Å². The highest BCUT2D eigenvalue weighted by Crippen LogP contribution is 2.11. The molecule has 0 saturated carbocycles. The third-order valence-electron chi connectivity index (χ3n) is 1.96. The Morgan fingerprint density at radius 3 is 2.50 bits per heavy atom. The van der Waals surface area contributed by atoms with Gasteiger partial charge in [0, 0.05) is 12.1 Å². The average Bonchev–Trinajstić information content (AvgIpc) is 2.27. The molecule has 0 fully saturated rings. The van der Waals surface area contributed by atoms with Gasteiger partial charge in [0.1, 0.15) is 12.4 Å². The number of halogens is 1. The van der Waals surface area contributed by atoms with Crippen molar-refractivity contribution in [1.29, 1.82) is 0 Å². The van der Waals surface area contributed by atoms with Crippen LogP contribution in [0.5, 0.6) is 5.75 Å². The molecule has 0 amide bonds. The molecule has 0 aliphatic rings. The van der Waals surface area contributed by atoms with Crippen LogP contribution in [0.15, 0.2) is 24.3 Å². The van der Waals surface area contributed by atoms with E-state index in [1.54, 1.807) is 0 Å². The number of nitrogens with zero attached hydrogens (tertiary/aromatic N) is 1. The summed E-state index contributed by atoms with van der Waals surface area (Å²) in [5.41, 5.74) is 1.01. The van der Waals surface area contributed by atoms with Crippen LogP contribution < -0.4 is 4.74 Å². The van der Waals surface area contributed by atoms with Crippen LogP contribution in [0.1, 0.15) is 5.56 Å². The lowest BCUT2D eigenvalue weighted by Crippen LogP contribution is -2.19. The average molecular weight is 282 g/mol. The highest BCUT2D eigenvalue weighted by molar-refractivity contribution is 9.09. The van der Waals surface area contributed by atoms with Gasteiger partial charge in [0.15, 0.2) is 0 Å². The van der Waals surface area contributed by atoms with E-state index in [1.165, 1.54) is 0 Å². The SMILES string of the molecule is CN(C)CCOc1ccc(C#CCBr)cc1. The topological polar surface area (TPSA) is 12.5 Å². The van der Waals surface area contributed by atoms with Crippen LogP contribution >= 0.6 is 15.9 Å². The molecule has 0 bridgehead atoms. The monoisotopic (exact) mass is 281 g/mol. The summed E-state index contributed by atoms with van der Waals surface area (Å²) in [5.74, 6) is 6.89. The van der Waals surface area contributed by atoms with Gasteiger partial charge >= 0.3 is 0 Å². The number of hydrogen-bond donors (Lipinski definition) is 0. The van der Waals surface area contributed by atoms with Crippen LogP contribution in [0.4, 0.5) is 0 Å². The second-order valence-corrected chi connectivity index (χ2v) is 4.17. The van der Waals surface area contributed by atoms with Crippen LogP contribution in [0.2, 0.25) is 0 Å². The van der Waals surface area contributed by atoms with Gasteiger partial charge in [0.2, 0.25) is 0 Å². The largest absolute Gasteiger partial charge is 0.492 e.